The van der Waals surface area contributed by atoms with E-state index in [4.69, 9.17) is 4.74 Å². The number of sulfonamides is 1. The molecule has 1 heterocycles. The fraction of sp³-hybridized carbons (Fsp3) is 0.364. The number of carbonyl (C=O) groups excluding carboxylic acids is 2. The van der Waals surface area contributed by atoms with Crippen LogP contribution in [0.4, 0.5) is 38.1 Å². The van der Waals surface area contributed by atoms with Gasteiger partial charge in [0.2, 0.25) is 11.5 Å². The van der Waals surface area contributed by atoms with Crippen LogP contribution in [0.25, 0.3) is 0 Å². The average Bonchev–Trinajstić information content (AvgIpc) is 2.76. The van der Waals surface area contributed by atoms with Gasteiger partial charge in [0.05, 0.1) is 23.7 Å². The van der Waals surface area contributed by atoms with Crippen molar-refractivity contribution in [3.63, 3.8) is 0 Å². The molecule has 1 aliphatic heterocycles. The molecule has 0 aromatic heterocycles. The van der Waals surface area contributed by atoms with Gasteiger partial charge in [-0.15, -0.1) is 0 Å². The minimum Gasteiger partial charge on any atom is -0.481 e. The van der Waals surface area contributed by atoms with Crippen LogP contribution in [0.3, 0.4) is 0 Å². The maximum Gasteiger partial charge on any atom is 0.427 e. The van der Waals surface area contributed by atoms with Crippen molar-refractivity contribution < 1.29 is 49.4 Å². The van der Waals surface area contributed by atoms with Crippen LogP contribution in [0.1, 0.15) is 20.8 Å². The van der Waals surface area contributed by atoms with Crippen molar-refractivity contribution in [1.29, 1.82) is 0 Å². The molecule has 37 heavy (non-hydrogen) atoms. The molecule has 2 amide bonds. The Balaban J connectivity index is 2.01. The van der Waals surface area contributed by atoms with Gasteiger partial charge in [0.15, 0.2) is 11.6 Å². The number of nitrogens with zero attached hydrogens (tertiary/aromatic N) is 1. The van der Waals surface area contributed by atoms with Crippen LogP contribution in [0.2, 0.25) is 0 Å². The number of alkyl halides is 3. The molecule has 3 rings (SSSR count). The van der Waals surface area contributed by atoms with Gasteiger partial charge in [-0.1, -0.05) is 0 Å². The molecular weight excluding hydrogens is 529 g/mol. The summed E-state index contributed by atoms with van der Waals surface area (Å²) >= 11 is 0. The molecule has 15 heteroatoms. The second-order valence-corrected chi connectivity index (χ2v) is 10.4. The maximum absolute atomic E-state index is 15.0. The summed E-state index contributed by atoms with van der Waals surface area (Å²) < 4.78 is 105. The Labute approximate surface area is 208 Å². The van der Waals surface area contributed by atoms with Crippen LogP contribution in [0, 0.1) is 11.6 Å². The Kier molecular flexibility index (Phi) is 7.58. The van der Waals surface area contributed by atoms with Crippen molar-refractivity contribution in [2.45, 2.75) is 43.5 Å². The Morgan fingerprint density at radius 1 is 1.14 bits per heavy atom. The number of benzene rings is 2. The lowest BCUT2D eigenvalue weighted by Gasteiger charge is -2.36. The van der Waals surface area contributed by atoms with Crippen LogP contribution >= 0.6 is 0 Å². The van der Waals surface area contributed by atoms with Crippen LogP contribution in [-0.4, -0.2) is 51.4 Å². The second kappa shape index (κ2) is 10.0. The highest BCUT2D eigenvalue weighted by Crippen LogP contribution is 2.41. The highest BCUT2D eigenvalue weighted by molar-refractivity contribution is 7.92. The lowest BCUT2D eigenvalue weighted by molar-refractivity contribution is -0.242. The summed E-state index contributed by atoms with van der Waals surface area (Å²) in [6.07, 6.45) is -7.52. The third-order valence-corrected chi connectivity index (χ3v) is 7.00. The molecule has 1 unspecified atom stereocenters. The fourth-order valence-corrected chi connectivity index (χ4v) is 4.69. The number of halogens is 5. The van der Waals surface area contributed by atoms with Crippen LogP contribution in [0.15, 0.2) is 41.3 Å². The number of carbonyl (C=O) groups is 2. The van der Waals surface area contributed by atoms with Crippen molar-refractivity contribution in [2.24, 2.45) is 0 Å². The molecule has 2 aromatic carbocycles. The Bertz CT molecular complexity index is 1300. The number of nitrogens with one attached hydrogen (secondary N) is 2. The van der Waals surface area contributed by atoms with E-state index in [1.165, 1.54) is 6.92 Å². The summed E-state index contributed by atoms with van der Waals surface area (Å²) in [5, 5.41) is 4.38. The van der Waals surface area contributed by atoms with Crippen molar-refractivity contribution in [3.8, 4) is 5.75 Å². The molecule has 0 saturated carbocycles. The topological polar surface area (TPSA) is 114 Å². The Morgan fingerprint density at radius 3 is 2.32 bits per heavy atom. The monoisotopic (exact) mass is 551 g/mol. The van der Waals surface area contributed by atoms with E-state index in [9.17, 15) is 35.6 Å². The van der Waals surface area contributed by atoms with E-state index in [1.807, 2.05) is 5.32 Å². The second-order valence-electron chi connectivity index (χ2n) is 8.50. The number of hydrogen-bond acceptors (Lipinski definition) is 6. The highest BCUT2D eigenvalue weighted by Gasteiger charge is 2.51. The first-order chi connectivity index (χ1) is 17.0. The van der Waals surface area contributed by atoms with Gasteiger partial charge in [-0.2, -0.15) is 13.2 Å². The molecule has 0 fully saturated rings. The number of anilines is 2. The van der Waals surface area contributed by atoms with E-state index in [0.29, 0.717) is 19.9 Å². The normalized spacial score (nSPS) is 15.9. The number of hydrogen-bond donors (Lipinski definition) is 2. The van der Waals surface area contributed by atoms with Crippen molar-refractivity contribution in [1.82, 2.24) is 5.32 Å². The first kappa shape index (κ1) is 28.0. The number of amides is 2. The van der Waals surface area contributed by atoms with Crippen molar-refractivity contribution >= 4 is 33.4 Å². The molecule has 9 nitrogen and oxygen atoms in total. The van der Waals surface area contributed by atoms with Crippen LogP contribution in [0.5, 0.6) is 5.75 Å². The van der Waals surface area contributed by atoms with Gasteiger partial charge in [0, 0.05) is 18.7 Å². The molecule has 0 spiro atoms. The zero-order chi connectivity index (χ0) is 27.8. The average molecular weight is 551 g/mol. The summed E-state index contributed by atoms with van der Waals surface area (Å²) in [6.45, 7) is 1.81. The van der Waals surface area contributed by atoms with E-state index in [0.717, 1.165) is 34.6 Å². The maximum atomic E-state index is 15.0. The predicted molar refractivity (Wildman–Crippen MR) is 121 cm³/mol. The molecule has 2 aromatic rings. The summed E-state index contributed by atoms with van der Waals surface area (Å²) in [5.74, 6) is -2.87. The predicted octanol–water partition coefficient (Wildman–Crippen LogP) is 3.95. The minimum absolute atomic E-state index is 0.192. The summed E-state index contributed by atoms with van der Waals surface area (Å²) in [7, 11) is -4.46. The molecule has 1 aliphatic rings. The Morgan fingerprint density at radius 2 is 1.76 bits per heavy atom. The zero-order valence-electron chi connectivity index (χ0n) is 19.7. The van der Waals surface area contributed by atoms with Gasteiger partial charge in [-0.3, -0.25) is 14.4 Å². The van der Waals surface area contributed by atoms with Crippen LogP contribution < -0.4 is 19.7 Å². The van der Waals surface area contributed by atoms with E-state index in [2.05, 4.69) is 10.1 Å². The molecule has 0 aliphatic carbocycles. The van der Waals surface area contributed by atoms with E-state index < -0.39 is 75.2 Å². The lowest BCUT2D eigenvalue weighted by atomic mass is 10.1. The first-order valence-electron chi connectivity index (χ1n) is 10.6. The number of ether oxygens (including phenoxy) is 2. The molecule has 2 N–H and O–H groups in total. The summed E-state index contributed by atoms with van der Waals surface area (Å²) in [4.78, 5) is 23.0. The molecule has 202 valence electrons. The van der Waals surface area contributed by atoms with Gasteiger partial charge in [-0.25, -0.2) is 22.0 Å². The van der Waals surface area contributed by atoms with Crippen molar-refractivity contribution in [3.05, 3.63) is 48.0 Å². The standard InChI is InChI=1S/C22H22F5N3O6S/c1-12(31)28-10-15-11-30(37(33,34)16-6-4-13(23)5-7-16)18-9-14(8-17(24)19(18)35-15)29-20(32)36-21(2,3)22(25,26)27/h4-9,15H,10-11H2,1-3H3,(H,28,31)(H,29,32). The van der Waals surface area contributed by atoms with Crippen molar-refractivity contribution in [2.75, 3.05) is 22.7 Å². The molecule has 1 atom stereocenters. The van der Waals surface area contributed by atoms with Gasteiger partial charge in [0.25, 0.3) is 10.0 Å². The molecule has 0 bridgehead atoms. The summed E-state index contributed by atoms with van der Waals surface area (Å²) in [5.41, 5.74) is -3.70. The lowest BCUT2D eigenvalue weighted by Crippen LogP contribution is -2.48. The van der Waals surface area contributed by atoms with Gasteiger partial charge in [-0.05, 0) is 44.2 Å². The quantitative estimate of drug-likeness (QED) is 0.526. The van der Waals surface area contributed by atoms with Gasteiger partial charge in [0.1, 0.15) is 11.9 Å². The van der Waals surface area contributed by atoms with Crippen LogP contribution in [-0.2, 0) is 19.6 Å². The number of rotatable bonds is 6. The first-order valence-corrected chi connectivity index (χ1v) is 12.0. The fourth-order valence-electron chi connectivity index (χ4n) is 3.20. The molecule has 0 saturated heterocycles. The van der Waals surface area contributed by atoms with E-state index in [-0.39, 0.29) is 11.4 Å². The Hall–Kier alpha value is -3.62. The SMILES string of the molecule is CC(=O)NCC1CN(S(=O)(=O)c2ccc(F)cc2)c2cc(NC(=O)OC(C)(C)C(F)(F)F)cc(F)c2O1. The third kappa shape index (κ3) is 6.21. The largest absolute Gasteiger partial charge is 0.481 e. The zero-order valence-corrected chi connectivity index (χ0v) is 20.5. The minimum atomic E-state index is -4.90. The number of fused-ring (bicyclic) bond motifs is 1. The molecular formula is C22H22F5N3O6S. The van der Waals surface area contributed by atoms with Gasteiger partial charge >= 0.3 is 12.3 Å². The van der Waals surface area contributed by atoms with E-state index >= 15 is 4.39 Å². The molecule has 0 radical (unpaired) electrons. The smallest absolute Gasteiger partial charge is 0.427 e. The van der Waals surface area contributed by atoms with Gasteiger partial charge < -0.3 is 14.8 Å². The van der Waals surface area contributed by atoms with E-state index in [1.54, 1.807) is 0 Å². The summed E-state index contributed by atoms with van der Waals surface area (Å²) in [6, 6.07) is 5.44. The third-order valence-electron chi connectivity index (χ3n) is 5.20. The highest BCUT2D eigenvalue weighted by atomic mass is 32.2.